The van der Waals surface area contributed by atoms with Crippen LogP contribution in [0.4, 0.5) is 0 Å². The Morgan fingerprint density at radius 3 is 1.19 bits per heavy atom. The molecule has 6 aromatic carbocycles. The first-order valence-electron chi connectivity index (χ1n) is 28.4. The van der Waals surface area contributed by atoms with Gasteiger partial charge in [-0.1, -0.05) is 176 Å². The van der Waals surface area contributed by atoms with E-state index < -0.39 is 0 Å². The SMILES string of the molecule is CCCCCC1CCCC(c2ccc(OCCCCCCOc3ccc4ccccc4c3-c3c(OCCCCCCOc4ccc(C5CCCC(CCCCC)C5)cc4)ccc4ccccc34)cc2)C1. The Balaban J connectivity index is 0.785. The Bertz CT molecular complexity index is 2250. The maximum Gasteiger partial charge on any atom is 0.127 e. The highest BCUT2D eigenvalue weighted by Crippen LogP contribution is 2.46. The highest BCUT2D eigenvalue weighted by molar-refractivity contribution is 6.09. The van der Waals surface area contributed by atoms with Crippen molar-refractivity contribution in [1.82, 2.24) is 0 Å². The molecule has 70 heavy (non-hydrogen) atoms. The van der Waals surface area contributed by atoms with Crippen molar-refractivity contribution in [3.05, 3.63) is 132 Å². The van der Waals surface area contributed by atoms with Crippen LogP contribution in [0.15, 0.2) is 121 Å². The molecule has 0 aromatic heterocycles. The third-order valence-electron chi connectivity index (χ3n) is 15.9. The van der Waals surface area contributed by atoms with Gasteiger partial charge in [0.2, 0.25) is 0 Å². The molecular formula is C66H86O4. The fourth-order valence-corrected chi connectivity index (χ4v) is 11.9. The fraction of sp³-hybridized carbons (Fsp3) is 0.515. The van der Waals surface area contributed by atoms with Crippen LogP contribution in [0.2, 0.25) is 0 Å². The Kier molecular flexibility index (Phi) is 20.7. The summed E-state index contributed by atoms with van der Waals surface area (Å²) in [5.74, 6) is 7.10. The lowest BCUT2D eigenvalue weighted by molar-refractivity contribution is 0.286. The number of benzene rings is 6. The van der Waals surface area contributed by atoms with Gasteiger partial charge >= 0.3 is 0 Å². The van der Waals surface area contributed by atoms with E-state index in [9.17, 15) is 0 Å². The monoisotopic (exact) mass is 943 g/mol. The zero-order valence-electron chi connectivity index (χ0n) is 43.3. The molecule has 4 heteroatoms. The fourth-order valence-electron chi connectivity index (χ4n) is 11.9. The number of rotatable bonds is 29. The molecule has 8 rings (SSSR count). The number of hydrogen-bond donors (Lipinski definition) is 0. The Morgan fingerprint density at radius 1 is 0.371 bits per heavy atom. The van der Waals surface area contributed by atoms with Gasteiger partial charge in [-0.3, -0.25) is 0 Å². The second-order valence-electron chi connectivity index (χ2n) is 21.1. The second-order valence-corrected chi connectivity index (χ2v) is 21.1. The third-order valence-corrected chi connectivity index (χ3v) is 15.9. The first-order chi connectivity index (χ1) is 34.7. The highest BCUT2D eigenvalue weighted by atomic mass is 16.5. The van der Waals surface area contributed by atoms with Crippen LogP contribution in [0.1, 0.15) is 191 Å². The molecule has 0 heterocycles. The zero-order chi connectivity index (χ0) is 48.0. The van der Waals surface area contributed by atoms with E-state index in [4.69, 9.17) is 18.9 Å². The molecule has 374 valence electrons. The van der Waals surface area contributed by atoms with Gasteiger partial charge in [-0.25, -0.2) is 0 Å². The van der Waals surface area contributed by atoms with Crippen LogP contribution < -0.4 is 18.9 Å². The van der Waals surface area contributed by atoms with Gasteiger partial charge in [0.05, 0.1) is 26.4 Å². The second kappa shape index (κ2) is 28.2. The lowest BCUT2D eigenvalue weighted by Gasteiger charge is -2.29. The molecule has 0 aliphatic heterocycles. The molecule has 2 saturated carbocycles. The lowest BCUT2D eigenvalue weighted by Crippen LogP contribution is -2.14. The van der Waals surface area contributed by atoms with Gasteiger partial charge in [0.15, 0.2) is 0 Å². The Morgan fingerprint density at radius 2 is 0.771 bits per heavy atom. The minimum Gasteiger partial charge on any atom is -0.494 e. The predicted molar refractivity (Wildman–Crippen MR) is 296 cm³/mol. The standard InChI is InChI=1S/C66H86O4/c1-3-5-11-23-51-25-21-29-57(49-51)53-33-39-59(40-34-53)67-45-17-7-9-19-47-69-63-43-37-55-27-13-15-31-61(55)65(63)66-62-32-16-14-28-56(62)38-44-64(66)70-48-20-10-8-18-46-68-60-41-35-54(36-42-60)58-30-22-26-52(50-58)24-12-6-4-2/h13-16,27-28,31-44,51-52,57-58H,3-12,17-26,29-30,45-50H2,1-2H3. The number of hydrogen-bond acceptors (Lipinski definition) is 4. The molecule has 0 radical (unpaired) electrons. The van der Waals surface area contributed by atoms with Crippen molar-refractivity contribution >= 4 is 21.5 Å². The van der Waals surface area contributed by atoms with Gasteiger partial charge in [0.1, 0.15) is 23.0 Å². The van der Waals surface area contributed by atoms with E-state index in [2.05, 4.69) is 135 Å². The zero-order valence-corrected chi connectivity index (χ0v) is 43.3. The summed E-state index contributed by atoms with van der Waals surface area (Å²) in [6.45, 7) is 7.47. The number of ether oxygens (including phenoxy) is 4. The molecular weight excluding hydrogens is 857 g/mol. The van der Waals surface area contributed by atoms with E-state index in [0.29, 0.717) is 13.2 Å². The molecule has 2 aliphatic rings. The first kappa shape index (κ1) is 51.4. The van der Waals surface area contributed by atoms with Crippen LogP contribution >= 0.6 is 0 Å². The third kappa shape index (κ3) is 15.0. The van der Waals surface area contributed by atoms with E-state index in [-0.39, 0.29) is 0 Å². The molecule has 0 spiro atoms. The topological polar surface area (TPSA) is 36.9 Å². The molecule has 2 aliphatic carbocycles. The number of fused-ring (bicyclic) bond motifs is 2. The summed E-state index contributed by atoms with van der Waals surface area (Å²) in [5.41, 5.74) is 5.25. The van der Waals surface area contributed by atoms with Crippen molar-refractivity contribution in [3.63, 3.8) is 0 Å². The van der Waals surface area contributed by atoms with Gasteiger partial charge in [-0.15, -0.1) is 0 Å². The van der Waals surface area contributed by atoms with Gasteiger partial charge in [-0.05, 0) is 170 Å². The first-order valence-corrected chi connectivity index (χ1v) is 28.4. The summed E-state index contributed by atoms with van der Waals surface area (Å²) >= 11 is 0. The van der Waals surface area contributed by atoms with Crippen molar-refractivity contribution < 1.29 is 18.9 Å². The summed E-state index contributed by atoms with van der Waals surface area (Å²) in [5, 5.41) is 4.78. The van der Waals surface area contributed by atoms with Crippen molar-refractivity contribution in [2.45, 2.75) is 180 Å². The van der Waals surface area contributed by atoms with Crippen LogP contribution in [-0.2, 0) is 0 Å². The average molecular weight is 943 g/mol. The number of unbranched alkanes of at least 4 members (excludes halogenated alkanes) is 10. The quantitative estimate of drug-likeness (QED) is 0.0439. The van der Waals surface area contributed by atoms with Gasteiger partial charge < -0.3 is 18.9 Å². The minimum absolute atomic E-state index is 0.671. The molecule has 6 aromatic rings. The van der Waals surface area contributed by atoms with E-state index in [1.165, 1.54) is 135 Å². The summed E-state index contributed by atoms with van der Waals surface area (Å²) in [6, 6.07) is 44.3. The largest absolute Gasteiger partial charge is 0.494 e. The molecule has 4 nitrogen and oxygen atoms in total. The van der Waals surface area contributed by atoms with Gasteiger partial charge in [0.25, 0.3) is 0 Å². The normalized spacial score (nSPS) is 18.3. The predicted octanol–water partition coefficient (Wildman–Crippen LogP) is 19.4. The summed E-state index contributed by atoms with van der Waals surface area (Å²) in [7, 11) is 0. The molecule has 4 unspecified atom stereocenters. The molecule has 0 amide bonds. The smallest absolute Gasteiger partial charge is 0.127 e. The molecule has 0 bridgehead atoms. The van der Waals surface area contributed by atoms with Crippen molar-refractivity contribution in [2.75, 3.05) is 26.4 Å². The van der Waals surface area contributed by atoms with Gasteiger partial charge in [-0.2, -0.15) is 0 Å². The van der Waals surface area contributed by atoms with E-state index in [1.54, 1.807) is 0 Å². The van der Waals surface area contributed by atoms with Crippen molar-refractivity contribution in [2.24, 2.45) is 11.8 Å². The minimum atomic E-state index is 0.671. The molecule has 4 atom stereocenters. The van der Waals surface area contributed by atoms with Crippen LogP contribution in [0, 0.1) is 11.8 Å². The Labute approximate surface area is 423 Å². The van der Waals surface area contributed by atoms with Crippen LogP contribution in [0.25, 0.3) is 32.7 Å². The maximum absolute atomic E-state index is 6.74. The summed E-state index contributed by atoms with van der Waals surface area (Å²) in [4.78, 5) is 0. The molecule has 2 fully saturated rings. The molecule has 0 saturated heterocycles. The maximum atomic E-state index is 6.74. The Hall–Kier alpha value is -4.96. The van der Waals surface area contributed by atoms with Crippen molar-refractivity contribution in [1.29, 1.82) is 0 Å². The highest BCUT2D eigenvalue weighted by Gasteiger charge is 2.25. The lowest BCUT2D eigenvalue weighted by atomic mass is 9.76. The van der Waals surface area contributed by atoms with Gasteiger partial charge in [0, 0.05) is 11.1 Å². The molecule has 0 N–H and O–H groups in total. The van der Waals surface area contributed by atoms with E-state index >= 15 is 0 Å². The van der Waals surface area contributed by atoms with E-state index in [0.717, 1.165) is 122 Å². The summed E-state index contributed by atoms with van der Waals surface area (Å²) < 4.78 is 25.9. The van der Waals surface area contributed by atoms with Crippen LogP contribution in [-0.4, -0.2) is 26.4 Å². The van der Waals surface area contributed by atoms with E-state index in [1.807, 2.05) is 0 Å². The summed E-state index contributed by atoms with van der Waals surface area (Å²) in [6.07, 6.45) is 30.6. The van der Waals surface area contributed by atoms with Crippen molar-refractivity contribution in [3.8, 4) is 34.1 Å². The van der Waals surface area contributed by atoms with Crippen LogP contribution in [0.5, 0.6) is 23.0 Å². The van der Waals surface area contributed by atoms with Crippen LogP contribution in [0.3, 0.4) is 0 Å². The average Bonchev–Trinajstić information content (AvgIpc) is 3.40.